The van der Waals surface area contributed by atoms with Gasteiger partial charge in [-0.25, -0.2) is 15.0 Å². The molecule has 1 aliphatic rings. The monoisotopic (exact) mass is 830 g/mol. The largest absolute Gasteiger partial charge is 0.457 e. The first-order valence-corrected chi connectivity index (χ1v) is 21.3. The fourth-order valence-electron chi connectivity index (χ4n) is 7.85. The van der Waals surface area contributed by atoms with Crippen LogP contribution in [0, 0.1) is 5.41 Å². The normalized spacial score (nSPS) is 13.5. The van der Waals surface area contributed by atoms with Gasteiger partial charge in [0, 0.05) is 45.0 Å². The van der Waals surface area contributed by atoms with E-state index in [1.165, 1.54) is 0 Å². The maximum Gasteiger partial charge on any atom is 0.161 e. The molecule has 0 bridgehead atoms. The molecule has 7 nitrogen and oxygen atoms in total. The van der Waals surface area contributed by atoms with Crippen molar-refractivity contribution >= 4 is 29.6 Å². The zero-order chi connectivity index (χ0) is 43.9. The Morgan fingerprint density at radius 3 is 1.59 bits per heavy atom. The number of ether oxygens (including phenoxy) is 1. The highest BCUT2D eigenvalue weighted by Gasteiger charge is 2.35. The second-order valence-electron chi connectivity index (χ2n) is 16.1. The Labute approximate surface area is 374 Å². The van der Waals surface area contributed by atoms with Gasteiger partial charge in [0.05, 0.1) is 6.54 Å². The number of amidine groups is 4. The van der Waals surface area contributed by atoms with Crippen LogP contribution in [0.1, 0.15) is 58.4 Å². The summed E-state index contributed by atoms with van der Waals surface area (Å²) in [6.07, 6.45) is 1.78. The molecule has 8 aromatic carbocycles. The van der Waals surface area contributed by atoms with Gasteiger partial charge in [-0.15, -0.1) is 0 Å². The number of nitrogens with two attached hydrogens (primary N) is 1. The quantitative estimate of drug-likeness (QED) is 0.112. The van der Waals surface area contributed by atoms with Gasteiger partial charge in [-0.2, -0.15) is 0 Å². The van der Waals surface area contributed by atoms with Crippen LogP contribution in [0.5, 0.6) is 11.5 Å². The standard InChI is InChI=1S/C57H46N6O/c1-57(2)49-35-45(43-25-15-27-47(33-43)53(58)62-55(41-21-11-5-12-22-41)60-37-39-17-7-3-8-18-39)29-31-51(49)64-52-32-30-46(36-50(52)57)44-26-16-28-48(34-44)54(59)63-56(42-23-13-6-14-24-42)61-38-40-19-9-4-10-20-40/h3-37,58H,38H2,1-2H3,(H2,59,61,63). The molecule has 0 saturated heterocycles. The van der Waals surface area contributed by atoms with Crippen molar-refractivity contribution in [1.82, 2.24) is 0 Å². The van der Waals surface area contributed by atoms with Gasteiger partial charge in [-0.05, 0) is 69.8 Å². The number of rotatable bonds is 9. The van der Waals surface area contributed by atoms with Gasteiger partial charge < -0.3 is 10.5 Å². The smallest absolute Gasteiger partial charge is 0.161 e. The van der Waals surface area contributed by atoms with Crippen LogP contribution in [-0.4, -0.2) is 29.6 Å². The fourth-order valence-corrected chi connectivity index (χ4v) is 7.85. The van der Waals surface area contributed by atoms with E-state index in [1.807, 2.05) is 146 Å². The molecule has 0 radical (unpaired) electrons. The van der Waals surface area contributed by atoms with Crippen LogP contribution in [0.15, 0.2) is 226 Å². The summed E-state index contributed by atoms with van der Waals surface area (Å²) in [6, 6.07) is 68.6. The number of aliphatic imine (C=N–C) groups is 4. The van der Waals surface area contributed by atoms with Crippen molar-refractivity contribution in [3.05, 3.63) is 251 Å². The highest BCUT2D eigenvalue weighted by Crippen LogP contribution is 2.50. The number of benzene rings is 8. The molecular weight excluding hydrogens is 785 g/mol. The van der Waals surface area contributed by atoms with Gasteiger partial charge in [0.15, 0.2) is 17.5 Å². The predicted octanol–water partition coefficient (Wildman–Crippen LogP) is 12.7. The summed E-state index contributed by atoms with van der Waals surface area (Å²) in [5.74, 6) is 3.21. The lowest BCUT2D eigenvalue weighted by atomic mass is 9.74. The van der Waals surface area contributed by atoms with Crippen LogP contribution >= 0.6 is 0 Å². The van der Waals surface area contributed by atoms with E-state index in [9.17, 15) is 0 Å². The molecule has 9 rings (SSSR count). The molecule has 0 atom stereocenters. The molecule has 0 aliphatic carbocycles. The summed E-state index contributed by atoms with van der Waals surface area (Å²) in [5.41, 5.74) is 17.8. The Morgan fingerprint density at radius 1 is 0.516 bits per heavy atom. The maximum absolute atomic E-state index is 9.09. The average Bonchev–Trinajstić information content (AvgIpc) is 3.35. The van der Waals surface area contributed by atoms with Gasteiger partial charge in [-0.1, -0.05) is 184 Å². The van der Waals surface area contributed by atoms with Crippen LogP contribution in [0.2, 0.25) is 0 Å². The fraction of sp³-hybridized carbons (Fsp3) is 0.0702. The SMILES string of the molecule is CC1(C)c2cc(-c3cccc(C(=N)N=C(N=Cc4ccccc4)c4ccccc4)c3)ccc2Oc2ccc(-c3cccc(C(N)=NC(=NCc4ccccc4)c4ccccc4)c3)cc21. The van der Waals surface area contributed by atoms with Crippen molar-refractivity contribution in [2.24, 2.45) is 25.7 Å². The van der Waals surface area contributed by atoms with Crippen LogP contribution < -0.4 is 10.5 Å². The number of nitrogens with zero attached hydrogens (tertiary/aromatic N) is 4. The summed E-state index contributed by atoms with van der Waals surface area (Å²) in [6.45, 7) is 4.97. The van der Waals surface area contributed by atoms with Crippen LogP contribution in [0.4, 0.5) is 0 Å². The van der Waals surface area contributed by atoms with Crippen molar-refractivity contribution in [2.45, 2.75) is 25.8 Å². The van der Waals surface area contributed by atoms with Crippen molar-refractivity contribution in [3.63, 3.8) is 0 Å². The highest BCUT2D eigenvalue weighted by molar-refractivity contribution is 6.13. The Bertz CT molecular complexity index is 3080. The Kier molecular flexibility index (Phi) is 11.8. The summed E-state index contributed by atoms with van der Waals surface area (Å²) >= 11 is 0. The lowest BCUT2D eigenvalue weighted by molar-refractivity contribution is 0.418. The van der Waals surface area contributed by atoms with Crippen molar-refractivity contribution in [1.29, 1.82) is 5.41 Å². The van der Waals surface area contributed by atoms with E-state index >= 15 is 0 Å². The van der Waals surface area contributed by atoms with E-state index in [4.69, 9.17) is 35.8 Å². The minimum absolute atomic E-state index is 0.124. The van der Waals surface area contributed by atoms with Gasteiger partial charge in [-0.3, -0.25) is 10.4 Å². The van der Waals surface area contributed by atoms with Crippen molar-refractivity contribution in [2.75, 3.05) is 0 Å². The number of fused-ring (bicyclic) bond motifs is 2. The minimum atomic E-state index is -0.400. The molecule has 8 aromatic rings. The summed E-state index contributed by atoms with van der Waals surface area (Å²) < 4.78 is 6.58. The topological polar surface area (TPSA) is 109 Å². The van der Waals surface area contributed by atoms with E-state index in [0.717, 1.165) is 72.7 Å². The lowest BCUT2D eigenvalue weighted by Crippen LogP contribution is -2.24. The molecule has 0 aromatic heterocycles. The summed E-state index contributed by atoms with van der Waals surface area (Å²) in [4.78, 5) is 19.2. The van der Waals surface area contributed by atoms with Crippen molar-refractivity contribution < 1.29 is 4.74 Å². The Morgan fingerprint density at radius 2 is 1.00 bits per heavy atom. The van der Waals surface area contributed by atoms with Gasteiger partial charge >= 0.3 is 0 Å². The average molecular weight is 831 g/mol. The zero-order valence-electron chi connectivity index (χ0n) is 35.7. The van der Waals surface area contributed by atoms with E-state index in [0.29, 0.717) is 29.6 Å². The molecule has 7 heteroatoms. The molecule has 0 fully saturated rings. The Hall–Kier alpha value is -8.29. The minimum Gasteiger partial charge on any atom is -0.457 e. The third-order valence-electron chi connectivity index (χ3n) is 11.4. The first-order chi connectivity index (χ1) is 31.3. The third kappa shape index (κ3) is 9.15. The van der Waals surface area contributed by atoms with Gasteiger partial charge in [0.2, 0.25) is 0 Å². The number of nitrogens with one attached hydrogen (secondary N) is 1. The van der Waals surface area contributed by atoms with E-state index in [2.05, 4.69) is 74.5 Å². The second-order valence-corrected chi connectivity index (χ2v) is 16.1. The third-order valence-corrected chi connectivity index (χ3v) is 11.4. The first-order valence-electron chi connectivity index (χ1n) is 21.3. The number of hydrogen-bond acceptors (Lipinski definition) is 3. The highest BCUT2D eigenvalue weighted by atomic mass is 16.5. The van der Waals surface area contributed by atoms with Crippen LogP contribution in [0.3, 0.4) is 0 Å². The molecule has 310 valence electrons. The summed E-state index contributed by atoms with van der Waals surface area (Å²) in [5, 5.41) is 9.09. The van der Waals surface area contributed by atoms with Gasteiger partial charge in [0.25, 0.3) is 0 Å². The molecule has 3 N–H and O–H groups in total. The maximum atomic E-state index is 9.09. The second kappa shape index (κ2) is 18.4. The molecule has 1 aliphatic heterocycles. The molecule has 0 saturated carbocycles. The van der Waals surface area contributed by atoms with E-state index in [1.54, 1.807) is 6.21 Å². The van der Waals surface area contributed by atoms with Crippen LogP contribution in [0.25, 0.3) is 22.3 Å². The van der Waals surface area contributed by atoms with Crippen molar-refractivity contribution in [3.8, 4) is 33.8 Å². The Balaban J connectivity index is 0.986. The molecule has 0 unspecified atom stereocenters. The molecule has 0 amide bonds. The van der Waals surface area contributed by atoms with E-state index in [-0.39, 0.29) is 5.84 Å². The first kappa shape index (κ1) is 41.1. The predicted molar refractivity (Wildman–Crippen MR) is 264 cm³/mol. The number of hydrogen-bond donors (Lipinski definition) is 2. The van der Waals surface area contributed by atoms with E-state index < -0.39 is 5.41 Å². The van der Waals surface area contributed by atoms with Crippen LogP contribution in [-0.2, 0) is 12.0 Å². The molecule has 0 spiro atoms. The van der Waals surface area contributed by atoms with Gasteiger partial charge in [0.1, 0.15) is 17.3 Å². The summed E-state index contributed by atoms with van der Waals surface area (Å²) in [7, 11) is 0. The molecular formula is C57H46N6O. The molecule has 64 heavy (non-hydrogen) atoms. The lowest BCUT2D eigenvalue weighted by Gasteiger charge is -2.35. The zero-order valence-corrected chi connectivity index (χ0v) is 35.7. The molecule has 1 heterocycles.